The molecule has 94 valence electrons. The number of nitrogens with two attached hydrogens (primary N) is 2. The molecule has 2 rings (SSSR count). The fraction of sp³-hybridized carbons (Fsp3) is 0.154. The second kappa shape index (κ2) is 5.33. The van der Waals surface area contributed by atoms with Crippen LogP contribution in [0.3, 0.4) is 0 Å². The second-order valence-electron chi connectivity index (χ2n) is 4.03. The average Bonchev–Trinajstić information content (AvgIpc) is 2.35. The number of aromatic nitrogens is 1. The van der Waals surface area contributed by atoms with E-state index in [-0.39, 0.29) is 5.82 Å². The summed E-state index contributed by atoms with van der Waals surface area (Å²) >= 11 is 5.85. The Morgan fingerprint density at radius 1 is 1.33 bits per heavy atom. The van der Waals surface area contributed by atoms with Gasteiger partial charge in [-0.25, -0.2) is 9.37 Å². The number of anilines is 1. The van der Waals surface area contributed by atoms with E-state index in [0.29, 0.717) is 28.4 Å². The summed E-state index contributed by atoms with van der Waals surface area (Å²) in [4.78, 5) is 3.94. The molecule has 0 aliphatic heterocycles. The van der Waals surface area contributed by atoms with Gasteiger partial charge in [-0.05, 0) is 24.1 Å². The first-order valence-corrected chi connectivity index (χ1v) is 5.85. The first-order valence-electron chi connectivity index (χ1n) is 5.48. The number of pyridine rings is 1. The van der Waals surface area contributed by atoms with Crippen LogP contribution in [0.1, 0.15) is 17.2 Å². The van der Waals surface area contributed by atoms with Crippen LogP contribution in [0.2, 0.25) is 5.02 Å². The lowest BCUT2D eigenvalue weighted by molar-refractivity contribution is 0.593. The van der Waals surface area contributed by atoms with Crippen molar-refractivity contribution in [3.8, 4) is 0 Å². The van der Waals surface area contributed by atoms with Crippen molar-refractivity contribution in [1.29, 1.82) is 0 Å². The first kappa shape index (κ1) is 12.8. The molecule has 0 radical (unpaired) electrons. The van der Waals surface area contributed by atoms with E-state index in [0.717, 1.165) is 0 Å². The highest BCUT2D eigenvalue weighted by atomic mass is 35.5. The van der Waals surface area contributed by atoms with Crippen LogP contribution in [0.15, 0.2) is 36.5 Å². The molecule has 2 aromatic rings. The van der Waals surface area contributed by atoms with Crippen molar-refractivity contribution < 1.29 is 4.39 Å². The third-order valence-corrected chi connectivity index (χ3v) is 2.92. The Morgan fingerprint density at radius 2 is 2.06 bits per heavy atom. The van der Waals surface area contributed by atoms with Gasteiger partial charge in [0.25, 0.3) is 0 Å². The van der Waals surface area contributed by atoms with E-state index in [1.165, 1.54) is 12.3 Å². The van der Waals surface area contributed by atoms with Crippen LogP contribution in [-0.2, 0) is 6.42 Å². The lowest BCUT2D eigenvalue weighted by atomic mass is 10.00. The molecule has 1 aromatic carbocycles. The zero-order chi connectivity index (χ0) is 13.1. The summed E-state index contributed by atoms with van der Waals surface area (Å²) < 4.78 is 13.5. The molecule has 5 heteroatoms. The summed E-state index contributed by atoms with van der Waals surface area (Å²) in [7, 11) is 0. The molecule has 0 aliphatic carbocycles. The van der Waals surface area contributed by atoms with Gasteiger partial charge in [0.1, 0.15) is 11.6 Å². The van der Waals surface area contributed by atoms with Gasteiger partial charge in [0.15, 0.2) is 0 Å². The quantitative estimate of drug-likeness (QED) is 0.897. The molecule has 0 amide bonds. The molecule has 0 saturated heterocycles. The van der Waals surface area contributed by atoms with Crippen molar-refractivity contribution in [2.24, 2.45) is 5.73 Å². The van der Waals surface area contributed by atoms with Crippen LogP contribution >= 0.6 is 11.6 Å². The zero-order valence-corrected chi connectivity index (χ0v) is 10.4. The maximum Gasteiger partial charge on any atom is 0.128 e. The topological polar surface area (TPSA) is 64.9 Å². The molecule has 1 heterocycles. The number of hydrogen-bond acceptors (Lipinski definition) is 3. The Kier molecular flexibility index (Phi) is 3.79. The molecule has 0 saturated carbocycles. The van der Waals surface area contributed by atoms with E-state index in [4.69, 9.17) is 23.1 Å². The average molecular weight is 266 g/mol. The zero-order valence-electron chi connectivity index (χ0n) is 9.61. The van der Waals surface area contributed by atoms with Crippen molar-refractivity contribution in [1.82, 2.24) is 4.98 Å². The SMILES string of the molecule is Nc1ncc(Cl)cc1C(N)Cc1ccccc1F. The Hall–Kier alpha value is -1.65. The third-order valence-electron chi connectivity index (χ3n) is 2.71. The summed E-state index contributed by atoms with van der Waals surface area (Å²) in [5.41, 5.74) is 12.9. The van der Waals surface area contributed by atoms with Crippen LogP contribution in [0, 0.1) is 5.82 Å². The van der Waals surface area contributed by atoms with Gasteiger partial charge in [0.05, 0.1) is 5.02 Å². The Bertz CT molecular complexity index is 560. The number of nitrogens with zero attached hydrogens (tertiary/aromatic N) is 1. The lowest BCUT2D eigenvalue weighted by Crippen LogP contribution is -2.16. The second-order valence-corrected chi connectivity index (χ2v) is 4.47. The van der Waals surface area contributed by atoms with E-state index in [1.54, 1.807) is 24.3 Å². The molecule has 0 fully saturated rings. The van der Waals surface area contributed by atoms with Crippen molar-refractivity contribution in [2.75, 3.05) is 5.73 Å². The van der Waals surface area contributed by atoms with Gasteiger partial charge in [0.2, 0.25) is 0 Å². The van der Waals surface area contributed by atoms with Gasteiger partial charge in [-0.3, -0.25) is 0 Å². The van der Waals surface area contributed by atoms with Crippen LogP contribution in [0.4, 0.5) is 10.2 Å². The van der Waals surface area contributed by atoms with Gasteiger partial charge in [0, 0.05) is 17.8 Å². The highest BCUT2D eigenvalue weighted by Crippen LogP contribution is 2.24. The van der Waals surface area contributed by atoms with Gasteiger partial charge in [-0.15, -0.1) is 0 Å². The smallest absolute Gasteiger partial charge is 0.128 e. The molecule has 0 spiro atoms. The Morgan fingerprint density at radius 3 is 2.78 bits per heavy atom. The Labute approximate surface area is 110 Å². The molecule has 1 aromatic heterocycles. The number of nitrogen functional groups attached to an aromatic ring is 1. The molecule has 1 atom stereocenters. The van der Waals surface area contributed by atoms with E-state index in [2.05, 4.69) is 4.98 Å². The predicted molar refractivity (Wildman–Crippen MR) is 70.7 cm³/mol. The largest absolute Gasteiger partial charge is 0.383 e. The summed E-state index contributed by atoms with van der Waals surface area (Å²) in [6.07, 6.45) is 1.80. The van der Waals surface area contributed by atoms with E-state index in [9.17, 15) is 4.39 Å². The minimum absolute atomic E-state index is 0.276. The summed E-state index contributed by atoms with van der Waals surface area (Å²) in [5.74, 6) is 0.0461. The highest BCUT2D eigenvalue weighted by Gasteiger charge is 2.14. The molecular formula is C13H13ClFN3. The molecule has 4 N–H and O–H groups in total. The minimum Gasteiger partial charge on any atom is -0.383 e. The number of rotatable bonds is 3. The number of halogens is 2. The molecule has 1 unspecified atom stereocenters. The maximum absolute atomic E-state index is 13.5. The molecular weight excluding hydrogens is 253 g/mol. The monoisotopic (exact) mass is 265 g/mol. The standard InChI is InChI=1S/C13H13ClFN3/c14-9-6-10(13(17)18-7-9)12(16)5-8-3-1-2-4-11(8)15/h1-4,6-7,12H,5,16H2,(H2,17,18). The Balaban J connectivity index is 2.25. The van der Waals surface area contributed by atoms with E-state index < -0.39 is 6.04 Å². The van der Waals surface area contributed by atoms with Gasteiger partial charge >= 0.3 is 0 Å². The van der Waals surface area contributed by atoms with Gasteiger partial charge in [-0.1, -0.05) is 29.8 Å². The van der Waals surface area contributed by atoms with Crippen molar-refractivity contribution in [3.63, 3.8) is 0 Å². The normalized spacial score (nSPS) is 12.4. The van der Waals surface area contributed by atoms with Gasteiger partial charge < -0.3 is 11.5 Å². The lowest BCUT2D eigenvalue weighted by Gasteiger charge is -2.14. The maximum atomic E-state index is 13.5. The van der Waals surface area contributed by atoms with Crippen LogP contribution < -0.4 is 11.5 Å². The minimum atomic E-state index is -0.437. The fourth-order valence-electron chi connectivity index (χ4n) is 1.77. The summed E-state index contributed by atoms with van der Waals surface area (Å²) in [5, 5.41) is 0.461. The van der Waals surface area contributed by atoms with Crippen LogP contribution in [-0.4, -0.2) is 4.98 Å². The van der Waals surface area contributed by atoms with Crippen molar-refractivity contribution in [2.45, 2.75) is 12.5 Å². The number of hydrogen-bond donors (Lipinski definition) is 2. The van der Waals surface area contributed by atoms with E-state index >= 15 is 0 Å². The molecule has 3 nitrogen and oxygen atoms in total. The van der Waals surface area contributed by atoms with E-state index in [1.807, 2.05) is 0 Å². The van der Waals surface area contributed by atoms with Crippen LogP contribution in [0.5, 0.6) is 0 Å². The number of benzene rings is 1. The third kappa shape index (κ3) is 2.78. The predicted octanol–water partition coefficient (Wildman–Crippen LogP) is 2.70. The first-order chi connectivity index (χ1) is 8.58. The molecule has 18 heavy (non-hydrogen) atoms. The summed E-state index contributed by atoms with van der Waals surface area (Å²) in [6.45, 7) is 0. The highest BCUT2D eigenvalue weighted by molar-refractivity contribution is 6.30. The van der Waals surface area contributed by atoms with Gasteiger partial charge in [-0.2, -0.15) is 0 Å². The summed E-state index contributed by atoms with van der Waals surface area (Å²) in [6, 6.07) is 7.73. The molecule has 0 bridgehead atoms. The molecule has 0 aliphatic rings. The van der Waals surface area contributed by atoms with Crippen LogP contribution in [0.25, 0.3) is 0 Å². The van der Waals surface area contributed by atoms with Crippen molar-refractivity contribution >= 4 is 17.4 Å². The van der Waals surface area contributed by atoms with Crippen molar-refractivity contribution in [3.05, 3.63) is 58.5 Å². The fourth-order valence-corrected chi connectivity index (χ4v) is 1.94.